The molecule has 1 amide bonds. The maximum Gasteiger partial charge on any atom is 0.268 e. The number of aryl methyl sites for hydroxylation is 1. The molecule has 1 heterocycles. The van der Waals surface area contributed by atoms with E-state index in [4.69, 9.17) is 5.73 Å². The number of amides is 1. The summed E-state index contributed by atoms with van der Waals surface area (Å²) >= 11 is 0. The largest absolute Gasteiger partial charge is 0.397 e. The Morgan fingerprint density at radius 1 is 1.67 bits per heavy atom. The number of nitrogens with one attached hydrogen (secondary N) is 1. The Kier molecular flexibility index (Phi) is 3.55. The first-order chi connectivity index (χ1) is 7.04. The third-order valence-electron chi connectivity index (χ3n) is 2.04. The summed E-state index contributed by atoms with van der Waals surface area (Å²) in [6.45, 7) is 8.78. The van der Waals surface area contributed by atoms with E-state index in [1.807, 2.05) is 18.4 Å². The van der Waals surface area contributed by atoms with Crippen molar-refractivity contribution in [3.8, 4) is 0 Å². The fourth-order valence-electron chi connectivity index (χ4n) is 1.31. The molecule has 0 bridgehead atoms. The van der Waals surface area contributed by atoms with Crippen LogP contribution in [-0.2, 0) is 6.54 Å². The Balaban J connectivity index is 2.76. The number of rotatable bonds is 4. The second-order valence-corrected chi connectivity index (χ2v) is 3.58. The average Bonchev–Trinajstić information content (AvgIpc) is 2.56. The topological polar surface area (TPSA) is 60.1 Å². The number of anilines is 1. The number of hydrogen-bond acceptors (Lipinski definition) is 2. The van der Waals surface area contributed by atoms with E-state index in [1.165, 1.54) is 0 Å². The van der Waals surface area contributed by atoms with Crippen molar-refractivity contribution in [2.45, 2.75) is 20.4 Å². The van der Waals surface area contributed by atoms with Gasteiger partial charge in [0, 0.05) is 19.3 Å². The lowest BCUT2D eigenvalue weighted by Crippen LogP contribution is -2.26. The van der Waals surface area contributed by atoms with Crippen LogP contribution >= 0.6 is 0 Å². The van der Waals surface area contributed by atoms with Crippen molar-refractivity contribution in [2.75, 3.05) is 12.3 Å². The first-order valence-corrected chi connectivity index (χ1v) is 4.92. The quantitative estimate of drug-likeness (QED) is 0.733. The Morgan fingerprint density at radius 2 is 2.33 bits per heavy atom. The van der Waals surface area contributed by atoms with Gasteiger partial charge in [-0.15, -0.1) is 0 Å². The maximum atomic E-state index is 11.7. The van der Waals surface area contributed by atoms with E-state index in [9.17, 15) is 4.79 Å². The highest BCUT2D eigenvalue weighted by atomic mass is 16.1. The molecule has 0 atom stereocenters. The van der Waals surface area contributed by atoms with E-state index in [0.29, 0.717) is 17.9 Å². The van der Waals surface area contributed by atoms with Crippen molar-refractivity contribution < 1.29 is 4.79 Å². The smallest absolute Gasteiger partial charge is 0.268 e. The van der Waals surface area contributed by atoms with Crippen molar-refractivity contribution in [3.05, 3.63) is 30.1 Å². The number of nitrogens with two attached hydrogens (primary N) is 1. The first-order valence-electron chi connectivity index (χ1n) is 4.92. The minimum Gasteiger partial charge on any atom is -0.397 e. The number of nitrogen functional groups attached to an aromatic ring is 1. The predicted octanol–water partition coefficient (Wildman–Crippen LogP) is 1.40. The Bertz CT molecular complexity index is 379. The summed E-state index contributed by atoms with van der Waals surface area (Å²) in [5, 5.41) is 2.77. The Morgan fingerprint density at radius 3 is 2.87 bits per heavy atom. The molecule has 0 unspecified atom stereocenters. The molecule has 0 aromatic carbocycles. The highest BCUT2D eigenvalue weighted by molar-refractivity contribution is 5.93. The second-order valence-electron chi connectivity index (χ2n) is 3.58. The molecular formula is C11H17N3O. The molecule has 0 aliphatic heterocycles. The van der Waals surface area contributed by atoms with Gasteiger partial charge in [-0.1, -0.05) is 12.2 Å². The van der Waals surface area contributed by atoms with Crippen LogP contribution in [-0.4, -0.2) is 17.0 Å². The second kappa shape index (κ2) is 4.68. The molecule has 0 fully saturated rings. The van der Waals surface area contributed by atoms with Crippen LogP contribution < -0.4 is 11.1 Å². The highest BCUT2D eigenvalue weighted by Crippen LogP contribution is 2.10. The maximum absolute atomic E-state index is 11.7. The zero-order chi connectivity index (χ0) is 11.4. The molecule has 4 heteroatoms. The van der Waals surface area contributed by atoms with Crippen molar-refractivity contribution in [3.63, 3.8) is 0 Å². The summed E-state index contributed by atoms with van der Waals surface area (Å²) in [6.07, 6.45) is 1.76. The minimum atomic E-state index is -0.114. The van der Waals surface area contributed by atoms with Gasteiger partial charge in [0.25, 0.3) is 5.91 Å². The predicted molar refractivity (Wildman–Crippen MR) is 61.7 cm³/mol. The van der Waals surface area contributed by atoms with Crippen molar-refractivity contribution in [2.24, 2.45) is 0 Å². The summed E-state index contributed by atoms with van der Waals surface area (Å²) in [5.41, 5.74) is 7.75. The molecule has 0 radical (unpaired) electrons. The number of carbonyl (C=O) groups is 1. The van der Waals surface area contributed by atoms with Crippen LogP contribution in [0.4, 0.5) is 5.69 Å². The number of hydrogen-bond donors (Lipinski definition) is 2. The van der Waals surface area contributed by atoms with Gasteiger partial charge in [0.1, 0.15) is 5.69 Å². The van der Waals surface area contributed by atoms with Gasteiger partial charge in [-0.3, -0.25) is 4.79 Å². The Hall–Kier alpha value is -1.71. The summed E-state index contributed by atoms with van der Waals surface area (Å²) in [6, 6.07) is 1.68. The minimum absolute atomic E-state index is 0.114. The van der Waals surface area contributed by atoms with Gasteiger partial charge in [0.05, 0.1) is 5.69 Å². The molecule has 1 aromatic heterocycles. The van der Waals surface area contributed by atoms with Crippen LogP contribution in [0.5, 0.6) is 0 Å². The molecule has 82 valence electrons. The Labute approximate surface area is 89.8 Å². The van der Waals surface area contributed by atoms with Gasteiger partial charge in [-0.25, -0.2) is 0 Å². The molecule has 0 spiro atoms. The van der Waals surface area contributed by atoms with Crippen LogP contribution in [0, 0.1) is 0 Å². The van der Waals surface area contributed by atoms with Gasteiger partial charge < -0.3 is 15.6 Å². The van der Waals surface area contributed by atoms with Gasteiger partial charge in [-0.2, -0.15) is 0 Å². The lowest BCUT2D eigenvalue weighted by molar-refractivity contribution is 0.0948. The third-order valence-corrected chi connectivity index (χ3v) is 2.04. The van der Waals surface area contributed by atoms with E-state index >= 15 is 0 Å². The van der Waals surface area contributed by atoms with E-state index in [0.717, 1.165) is 12.1 Å². The average molecular weight is 207 g/mol. The van der Waals surface area contributed by atoms with Crippen LogP contribution in [0.1, 0.15) is 24.3 Å². The van der Waals surface area contributed by atoms with E-state index in [1.54, 1.807) is 12.3 Å². The summed E-state index contributed by atoms with van der Waals surface area (Å²) in [7, 11) is 0. The molecule has 15 heavy (non-hydrogen) atoms. The van der Waals surface area contributed by atoms with Gasteiger partial charge in [-0.05, 0) is 19.9 Å². The number of aromatic nitrogens is 1. The van der Waals surface area contributed by atoms with Crippen molar-refractivity contribution in [1.29, 1.82) is 0 Å². The molecule has 0 saturated heterocycles. The van der Waals surface area contributed by atoms with Crippen LogP contribution in [0.2, 0.25) is 0 Å². The fourth-order valence-corrected chi connectivity index (χ4v) is 1.31. The molecule has 4 nitrogen and oxygen atoms in total. The zero-order valence-electron chi connectivity index (χ0n) is 9.21. The van der Waals surface area contributed by atoms with Crippen LogP contribution in [0.25, 0.3) is 0 Å². The van der Waals surface area contributed by atoms with Crippen LogP contribution in [0.15, 0.2) is 24.4 Å². The summed E-state index contributed by atoms with van der Waals surface area (Å²) < 4.78 is 1.82. The molecular weight excluding hydrogens is 190 g/mol. The fraction of sp³-hybridized carbons (Fsp3) is 0.364. The zero-order valence-corrected chi connectivity index (χ0v) is 9.21. The molecule has 1 aromatic rings. The van der Waals surface area contributed by atoms with E-state index in [-0.39, 0.29) is 5.91 Å². The van der Waals surface area contributed by atoms with E-state index in [2.05, 4.69) is 11.9 Å². The van der Waals surface area contributed by atoms with Gasteiger partial charge >= 0.3 is 0 Å². The van der Waals surface area contributed by atoms with Gasteiger partial charge in [0.15, 0.2) is 0 Å². The van der Waals surface area contributed by atoms with Crippen LogP contribution in [0.3, 0.4) is 0 Å². The number of nitrogens with zero attached hydrogens (tertiary/aromatic N) is 1. The third kappa shape index (κ3) is 2.87. The lowest BCUT2D eigenvalue weighted by Gasteiger charge is -2.06. The summed E-state index contributed by atoms with van der Waals surface area (Å²) in [4.78, 5) is 11.7. The summed E-state index contributed by atoms with van der Waals surface area (Å²) in [5.74, 6) is -0.114. The molecule has 0 aliphatic rings. The van der Waals surface area contributed by atoms with Crippen molar-refractivity contribution in [1.82, 2.24) is 9.88 Å². The monoisotopic (exact) mass is 207 g/mol. The number of carbonyl (C=O) groups excluding carboxylic acids is 1. The standard InChI is InChI=1S/C11H17N3O/c1-4-14-7-9(12)5-10(14)11(15)13-6-8(2)3/h5,7H,2,4,6,12H2,1,3H3,(H,13,15). The molecule has 1 rings (SSSR count). The highest BCUT2D eigenvalue weighted by Gasteiger charge is 2.10. The first kappa shape index (κ1) is 11.4. The van der Waals surface area contributed by atoms with Gasteiger partial charge in [0.2, 0.25) is 0 Å². The van der Waals surface area contributed by atoms with Crippen molar-refractivity contribution >= 4 is 11.6 Å². The SMILES string of the molecule is C=C(C)CNC(=O)c1cc(N)cn1CC. The molecule has 3 N–H and O–H groups in total. The molecule has 0 saturated carbocycles. The lowest BCUT2D eigenvalue weighted by atomic mass is 10.3. The molecule has 0 aliphatic carbocycles. The van der Waals surface area contributed by atoms with E-state index < -0.39 is 0 Å². The normalized spacial score (nSPS) is 10.0.